The summed E-state index contributed by atoms with van der Waals surface area (Å²) in [6.45, 7) is 14.7. The van der Waals surface area contributed by atoms with Gasteiger partial charge in [0, 0.05) is 0 Å². The molecule has 2 nitrogen and oxygen atoms in total. The summed E-state index contributed by atoms with van der Waals surface area (Å²) >= 11 is 0. The molecule has 1 aromatic carbocycles. The molecule has 0 aliphatic heterocycles. The SMILES string of the molecule is C=C[C@@H](O[Si](C)(C)C(C)(C)C)[C@H](O)c1ccccc1. The lowest BCUT2D eigenvalue weighted by Crippen LogP contribution is -2.44. The predicted molar refractivity (Wildman–Crippen MR) is 83.7 cm³/mol. The Balaban J connectivity index is 2.88. The van der Waals surface area contributed by atoms with Gasteiger partial charge in [0.1, 0.15) is 6.10 Å². The fraction of sp³-hybridized carbons (Fsp3) is 0.500. The molecule has 3 heteroatoms. The van der Waals surface area contributed by atoms with Crippen LogP contribution < -0.4 is 0 Å². The summed E-state index contributed by atoms with van der Waals surface area (Å²) < 4.78 is 6.24. The highest BCUT2D eigenvalue weighted by Crippen LogP contribution is 2.38. The first-order chi connectivity index (χ1) is 8.69. The second-order valence-corrected chi connectivity index (χ2v) is 11.2. The van der Waals surface area contributed by atoms with Crippen LogP contribution in [0.5, 0.6) is 0 Å². The number of aliphatic hydroxyl groups is 1. The Labute approximate surface area is 118 Å². The van der Waals surface area contributed by atoms with Crippen molar-refractivity contribution in [3.05, 3.63) is 48.6 Å². The highest BCUT2D eigenvalue weighted by molar-refractivity contribution is 6.74. The number of rotatable bonds is 5. The largest absolute Gasteiger partial charge is 0.408 e. The van der Waals surface area contributed by atoms with E-state index in [2.05, 4.69) is 40.4 Å². The molecule has 0 saturated heterocycles. The molecule has 0 heterocycles. The van der Waals surface area contributed by atoms with Crippen LogP contribution in [0.4, 0.5) is 0 Å². The molecule has 1 aromatic rings. The van der Waals surface area contributed by atoms with Crippen molar-refractivity contribution in [2.75, 3.05) is 0 Å². The topological polar surface area (TPSA) is 29.5 Å². The van der Waals surface area contributed by atoms with E-state index in [1.807, 2.05) is 30.3 Å². The molecule has 106 valence electrons. The zero-order valence-corrected chi connectivity index (χ0v) is 13.7. The first-order valence-electron chi connectivity index (χ1n) is 6.72. The Morgan fingerprint density at radius 3 is 2.16 bits per heavy atom. The average Bonchev–Trinajstić information content (AvgIpc) is 2.35. The van der Waals surface area contributed by atoms with E-state index >= 15 is 0 Å². The van der Waals surface area contributed by atoms with E-state index in [4.69, 9.17) is 4.43 Å². The first-order valence-corrected chi connectivity index (χ1v) is 9.63. The van der Waals surface area contributed by atoms with Crippen LogP contribution >= 0.6 is 0 Å². The summed E-state index contributed by atoms with van der Waals surface area (Å²) in [6.07, 6.45) is 0.689. The van der Waals surface area contributed by atoms with Gasteiger partial charge in [-0.25, -0.2) is 0 Å². The van der Waals surface area contributed by atoms with Crippen LogP contribution in [0, 0.1) is 0 Å². The van der Waals surface area contributed by atoms with Gasteiger partial charge in [-0.15, -0.1) is 6.58 Å². The van der Waals surface area contributed by atoms with Crippen molar-refractivity contribution in [3.63, 3.8) is 0 Å². The molecular weight excluding hydrogens is 252 g/mol. The molecule has 0 fully saturated rings. The minimum absolute atomic E-state index is 0.116. The van der Waals surface area contributed by atoms with Crippen molar-refractivity contribution in [2.24, 2.45) is 0 Å². The highest BCUT2D eigenvalue weighted by Gasteiger charge is 2.40. The van der Waals surface area contributed by atoms with E-state index in [0.717, 1.165) is 5.56 Å². The van der Waals surface area contributed by atoms with E-state index in [0.29, 0.717) is 0 Å². The predicted octanol–water partition coefficient (Wildman–Crippen LogP) is 4.30. The van der Waals surface area contributed by atoms with Gasteiger partial charge in [0.05, 0.1) is 6.10 Å². The van der Waals surface area contributed by atoms with Gasteiger partial charge >= 0.3 is 0 Å². The van der Waals surface area contributed by atoms with Crippen molar-refractivity contribution < 1.29 is 9.53 Å². The molecule has 0 unspecified atom stereocenters. The van der Waals surface area contributed by atoms with Gasteiger partial charge in [0.15, 0.2) is 8.32 Å². The lowest BCUT2D eigenvalue weighted by atomic mass is 10.1. The normalized spacial score (nSPS) is 15.9. The van der Waals surface area contributed by atoms with Gasteiger partial charge in [-0.1, -0.05) is 57.2 Å². The van der Waals surface area contributed by atoms with Crippen LogP contribution in [0.3, 0.4) is 0 Å². The third kappa shape index (κ3) is 4.03. The smallest absolute Gasteiger partial charge is 0.193 e. The zero-order chi connectivity index (χ0) is 14.7. The van der Waals surface area contributed by atoms with Crippen LogP contribution in [0.15, 0.2) is 43.0 Å². The van der Waals surface area contributed by atoms with Gasteiger partial charge in [-0.3, -0.25) is 0 Å². The Morgan fingerprint density at radius 1 is 1.21 bits per heavy atom. The minimum atomic E-state index is -1.92. The zero-order valence-electron chi connectivity index (χ0n) is 12.7. The van der Waals surface area contributed by atoms with Crippen molar-refractivity contribution in [2.45, 2.75) is 51.1 Å². The molecule has 1 N–H and O–H groups in total. The second kappa shape index (κ2) is 6.03. The van der Waals surface area contributed by atoms with Crippen molar-refractivity contribution in [1.82, 2.24) is 0 Å². The lowest BCUT2D eigenvalue weighted by molar-refractivity contribution is 0.0552. The molecule has 0 spiro atoms. The van der Waals surface area contributed by atoms with Crippen LogP contribution in [-0.4, -0.2) is 19.5 Å². The molecule has 0 bridgehead atoms. The average molecular weight is 278 g/mol. The van der Waals surface area contributed by atoms with Gasteiger partial charge in [-0.2, -0.15) is 0 Å². The maximum Gasteiger partial charge on any atom is 0.193 e. The number of hydrogen-bond acceptors (Lipinski definition) is 2. The molecule has 0 aliphatic rings. The van der Waals surface area contributed by atoms with Crippen LogP contribution in [0.25, 0.3) is 0 Å². The summed E-state index contributed by atoms with van der Waals surface area (Å²) in [7, 11) is -1.92. The molecule has 19 heavy (non-hydrogen) atoms. The van der Waals surface area contributed by atoms with Crippen molar-refractivity contribution in [1.29, 1.82) is 0 Å². The Kier molecular flexibility index (Phi) is 5.13. The number of aliphatic hydroxyl groups excluding tert-OH is 1. The molecule has 0 aliphatic carbocycles. The Hall–Kier alpha value is -0.903. The second-order valence-electron chi connectivity index (χ2n) is 6.43. The van der Waals surface area contributed by atoms with Gasteiger partial charge in [-0.05, 0) is 23.7 Å². The summed E-state index contributed by atoms with van der Waals surface area (Å²) in [6, 6.07) is 9.61. The number of benzene rings is 1. The van der Waals surface area contributed by atoms with Gasteiger partial charge in [0.2, 0.25) is 0 Å². The monoisotopic (exact) mass is 278 g/mol. The first kappa shape index (κ1) is 16.2. The molecule has 0 amide bonds. The van der Waals surface area contributed by atoms with E-state index in [9.17, 15) is 5.11 Å². The summed E-state index contributed by atoms with van der Waals surface area (Å²) in [5.41, 5.74) is 0.867. The third-order valence-electron chi connectivity index (χ3n) is 3.92. The number of hydrogen-bond donors (Lipinski definition) is 1. The van der Waals surface area contributed by atoms with Crippen molar-refractivity contribution in [3.8, 4) is 0 Å². The molecular formula is C16H26O2Si. The van der Waals surface area contributed by atoms with Crippen LogP contribution in [0.1, 0.15) is 32.4 Å². The van der Waals surface area contributed by atoms with E-state index in [1.165, 1.54) is 0 Å². The Bertz CT molecular complexity index is 407. The molecule has 0 radical (unpaired) electrons. The summed E-state index contributed by atoms with van der Waals surface area (Å²) in [5.74, 6) is 0. The molecule has 1 rings (SSSR count). The van der Waals surface area contributed by atoms with E-state index in [1.54, 1.807) is 6.08 Å². The standard InChI is InChI=1S/C16H26O2Si/c1-7-14(18-19(5,6)16(2,3)4)15(17)13-11-9-8-10-12-13/h7-12,14-15,17H,1H2,2-6H3/t14-,15-/m1/s1. The van der Waals surface area contributed by atoms with Gasteiger partial charge < -0.3 is 9.53 Å². The third-order valence-corrected chi connectivity index (χ3v) is 8.40. The fourth-order valence-electron chi connectivity index (χ4n) is 1.60. The van der Waals surface area contributed by atoms with E-state index in [-0.39, 0.29) is 11.1 Å². The van der Waals surface area contributed by atoms with Crippen LogP contribution in [-0.2, 0) is 4.43 Å². The molecule has 2 atom stereocenters. The maximum atomic E-state index is 10.4. The molecule has 0 aromatic heterocycles. The van der Waals surface area contributed by atoms with Crippen molar-refractivity contribution >= 4 is 8.32 Å². The minimum Gasteiger partial charge on any atom is -0.408 e. The quantitative estimate of drug-likeness (QED) is 0.643. The van der Waals surface area contributed by atoms with Crippen LogP contribution in [0.2, 0.25) is 18.1 Å². The van der Waals surface area contributed by atoms with E-state index < -0.39 is 14.4 Å². The molecule has 0 saturated carbocycles. The summed E-state index contributed by atoms with van der Waals surface area (Å²) in [5, 5.41) is 10.6. The lowest BCUT2D eigenvalue weighted by Gasteiger charge is -2.39. The fourth-order valence-corrected chi connectivity index (χ4v) is 2.86. The van der Waals surface area contributed by atoms with Gasteiger partial charge in [0.25, 0.3) is 0 Å². The maximum absolute atomic E-state index is 10.4. The highest BCUT2D eigenvalue weighted by atomic mass is 28.4. The Morgan fingerprint density at radius 2 is 1.74 bits per heavy atom. The summed E-state index contributed by atoms with van der Waals surface area (Å²) in [4.78, 5) is 0.